The summed E-state index contributed by atoms with van der Waals surface area (Å²) in [7, 11) is 0. The van der Waals surface area contributed by atoms with Gasteiger partial charge in [0.25, 0.3) is 0 Å². The van der Waals surface area contributed by atoms with Gasteiger partial charge in [-0.1, -0.05) is 0 Å². The average Bonchev–Trinajstić information content (AvgIpc) is 2.85. The molecule has 0 unspecified atom stereocenters. The van der Waals surface area contributed by atoms with Crippen molar-refractivity contribution in [1.82, 2.24) is 10.6 Å². The van der Waals surface area contributed by atoms with Crippen molar-refractivity contribution < 1.29 is 9.47 Å². The van der Waals surface area contributed by atoms with Crippen LogP contribution in [-0.2, 0) is 0 Å². The molecule has 0 aliphatic carbocycles. The lowest BCUT2D eigenvalue weighted by Crippen LogP contribution is -2.30. The molecule has 0 amide bonds. The first-order valence-corrected chi connectivity index (χ1v) is 11.4. The van der Waals surface area contributed by atoms with Gasteiger partial charge in [-0.2, -0.15) is 0 Å². The number of hydrogen-bond acceptors (Lipinski definition) is 6. The normalized spacial score (nSPS) is 15.9. The Kier molecular flexibility index (Phi) is 7.80. The lowest BCUT2D eigenvalue weighted by atomic mass is 10.1. The lowest BCUT2D eigenvalue weighted by molar-refractivity contribution is 0.279. The van der Waals surface area contributed by atoms with Gasteiger partial charge in [-0.05, 0) is 80.6 Å². The van der Waals surface area contributed by atoms with Crippen molar-refractivity contribution in [1.29, 1.82) is 0 Å². The van der Waals surface area contributed by atoms with Crippen molar-refractivity contribution in [3.8, 4) is 11.5 Å². The first-order valence-electron chi connectivity index (χ1n) is 11.4. The maximum absolute atomic E-state index is 5.87. The van der Waals surface area contributed by atoms with Crippen LogP contribution >= 0.6 is 0 Å². The Morgan fingerprint density at radius 2 is 1.06 bits per heavy atom. The lowest BCUT2D eigenvalue weighted by Gasteiger charge is -2.15. The highest BCUT2D eigenvalue weighted by Gasteiger charge is 2.08. The van der Waals surface area contributed by atoms with E-state index in [0.29, 0.717) is 0 Å². The molecule has 2 heterocycles. The largest absolute Gasteiger partial charge is 0.494 e. The molecule has 164 valence electrons. The topological polar surface area (TPSA) is 67.2 Å². The third-order valence-electron chi connectivity index (χ3n) is 5.38. The zero-order valence-corrected chi connectivity index (χ0v) is 18.1. The van der Waals surface area contributed by atoms with Crippen LogP contribution in [0.1, 0.15) is 43.2 Å². The zero-order valence-electron chi connectivity index (χ0n) is 18.1. The van der Waals surface area contributed by atoms with Crippen LogP contribution in [0.3, 0.4) is 0 Å². The molecular weight excluding hydrogens is 388 g/mol. The third kappa shape index (κ3) is 6.48. The molecule has 2 aliphatic heterocycles. The van der Waals surface area contributed by atoms with Crippen molar-refractivity contribution in [3.63, 3.8) is 0 Å². The van der Waals surface area contributed by atoms with Crippen LogP contribution in [0.2, 0.25) is 0 Å². The summed E-state index contributed by atoms with van der Waals surface area (Å²) >= 11 is 0. The summed E-state index contributed by atoms with van der Waals surface area (Å²) in [6.07, 6.45) is 5.33. The second kappa shape index (κ2) is 11.4. The molecule has 0 saturated heterocycles. The van der Waals surface area contributed by atoms with Crippen LogP contribution < -0.4 is 20.1 Å². The molecule has 2 aliphatic rings. The quantitative estimate of drug-likeness (QED) is 0.574. The third-order valence-corrected chi connectivity index (χ3v) is 5.38. The number of unbranched alkanes of at least 4 members (excludes halogenated alkanes) is 2. The number of nitrogens with one attached hydrogen (secondary N) is 2. The van der Waals surface area contributed by atoms with E-state index >= 15 is 0 Å². The van der Waals surface area contributed by atoms with Crippen molar-refractivity contribution in [2.45, 2.75) is 32.1 Å². The number of aliphatic imine (C=N–C) groups is 2. The maximum Gasteiger partial charge on any atom is 0.128 e. The van der Waals surface area contributed by atoms with Crippen LogP contribution in [0.15, 0.2) is 58.5 Å². The van der Waals surface area contributed by atoms with Crippen LogP contribution in [0.5, 0.6) is 11.5 Å². The Morgan fingerprint density at radius 3 is 1.45 bits per heavy atom. The van der Waals surface area contributed by atoms with Gasteiger partial charge in [0, 0.05) is 37.3 Å². The number of amidine groups is 2. The molecule has 0 radical (unpaired) electrons. The van der Waals surface area contributed by atoms with Gasteiger partial charge in [0.2, 0.25) is 0 Å². The van der Waals surface area contributed by atoms with E-state index in [9.17, 15) is 0 Å². The summed E-state index contributed by atoms with van der Waals surface area (Å²) in [6, 6.07) is 16.4. The number of rotatable bonds is 10. The number of hydrogen-bond donors (Lipinski definition) is 2. The van der Waals surface area contributed by atoms with Gasteiger partial charge in [-0.25, -0.2) is 0 Å². The molecule has 31 heavy (non-hydrogen) atoms. The Labute approximate surface area is 184 Å². The molecule has 2 aromatic carbocycles. The monoisotopic (exact) mass is 420 g/mol. The molecule has 0 spiro atoms. The fraction of sp³-hybridized carbons (Fsp3) is 0.440. The van der Waals surface area contributed by atoms with Crippen LogP contribution in [0, 0.1) is 0 Å². The summed E-state index contributed by atoms with van der Waals surface area (Å²) in [4.78, 5) is 9.05. The van der Waals surface area contributed by atoms with Crippen molar-refractivity contribution in [2.75, 3.05) is 39.4 Å². The van der Waals surface area contributed by atoms with Gasteiger partial charge in [0.15, 0.2) is 0 Å². The van der Waals surface area contributed by atoms with Gasteiger partial charge in [0.1, 0.15) is 23.2 Å². The van der Waals surface area contributed by atoms with Gasteiger partial charge >= 0.3 is 0 Å². The van der Waals surface area contributed by atoms with Crippen molar-refractivity contribution >= 4 is 11.7 Å². The fourth-order valence-corrected chi connectivity index (χ4v) is 3.63. The first kappa shape index (κ1) is 21.2. The molecule has 2 aromatic rings. The van der Waals surface area contributed by atoms with E-state index < -0.39 is 0 Å². The summed E-state index contributed by atoms with van der Waals surface area (Å²) in [5, 5.41) is 6.69. The molecular formula is C25H32N4O2. The second-order valence-corrected chi connectivity index (χ2v) is 7.83. The predicted octanol–water partition coefficient (Wildman–Crippen LogP) is 3.79. The Hall–Kier alpha value is -3.02. The zero-order chi connectivity index (χ0) is 21.1. The first-order chi connectivity index (χ1) is 15.4. The molecule has 0 saturated carbocycles. The maximum atomic E-state index is 5.87. The summed E-state index contributed by atoms with van der Waals surface area (Å²) in [6.45, 7) is 5.26. The predicted molar refractivity (Wildman–Crippen MR) is 126 cm³/mol. The number of benzene rings is 2. The fourth-order valence-electron chi connectivity index (χ4n) is 3.63. The van der Waals surface area contributed by atoms with Crippen LogP contribution in [0.4, 0.5) is 0 Å². The summed E-state index contributed by atoms with van der Waals surface area (Å²) < 4.78 is 11.7. The minimum Gasteiger partial charge on any atom is -0.494 e. The molecule has 0 fully saturated rings. The van der Waals surface area contributed by atoms with E-state index in [4.69, 9.17) is 9.47 Å². The minimum absolute atomic E-state index is 0.725. The highest BCUT2D eigenvalue weighted by Crippen LogP contribution is 2.15. The molecule has 0 atom stereocenters. The number of nitrogens with zero attached hydrogens (tertiary/aromatic N) is 2. The Bertz CT molecular complexity index is 802. The number of ether oxygens (including phenoxy) is 2. The summed E-state index contributed by atoms with van der Waals surface area (Å²) in [5.74, 6) is 3.81. The average molecular weight is 421 g/mol. The molecule has 4 rings (SSSR count). The highest BCUT2D eigenvalue weighted by molar-refractivity contribution is 5.99. The van der Waals surface area contributed by atoms with Crippen molar-refractivity contribution in [3.05, 3.63) is 59.7 Å². The molecule has 6 heteroatoms. The Balaban J connectivity index is 1.09. The van der Waals surface area contributed by atoms with E-state index in [2.05, 4.69) is 44.9 Å². The highest BCUT2D eigenvalue weighted by atomic mass is 16.5. The van der Waals surface area contributed by atoms with Gasteiger partial charge in [-0.3, -0.25) is 9.98 Å². The van der Waals surface area contributed by atoms with Crippen molar-refractivity contribution in [2.24, 2.45) is 9.98 Å². The van der Waals surface area contributed by atoms with E-state index in [1.165, 1.54) is 0 Å². The van der Waals surface area contributed by atoms with E-state index in [1.807, 2.05) is 24.3 Å². The Morgan fingerprint density at radius 1 is 0.613 bits per heavy atom. The second-order valence-electron chi connectivity index (χ2n) is 7.83. The standard InChI is InChI=1S/C25H32N4O2/c1(2-18-30-22-10-6-20(7-11-22)24-26-14-4-15-27-24)3-19-31-23-12-8-21(9-13-23)25-28-16-5-17-29-25/h6-13H,1-5,14-19H2,(H,26,27)(H,28,29). The van der Waals surface area contributed by atoms with Crippen LogP contribution in [-0.4, -0.2) is 51.1 Å². The summed E-state index contributed by atoms with van der Waals surface area (Å²) in [5.41, 5.74) is 2.25. The molecule has 0 aromatic heterocycles. The van der Waals surface area contributed by atoms with E-state index in [0.717, 1.165) is 106 Å². The molecule has 0 bridgehead atoms. The minimum atomic E-state index is 0.725. The van der Waals surface area contributed by atoms with Gasteiger partial charge in [0.05, 0.1) is 13.2 Å². The molecule has 6 nitrogen and oxygen atoms in total. The van der Waals surface area contributed by atoms with E-state index in [1.54, 1.807) is 0 Å². The van der Waals surface area contributed by atoms with E-state index in [-0.39, 0.29) is 0 Å². The van der Waals surface area contributed by atoms with Crippen LogP contribution in [0.25, 0.3) is 0 Å². The van der Waals surface area contributed by atoms with Gasteiger partial charge < -0.3 is 20.1 Å². The van der Waals surface area contributed by atoms with Gasteiger partial charge in [-0.15, -0.1) is 0 Å². The SMILES string of the molecule is c1cc(C2=NCCCN2)ccc1OCCCCCOc1ccc(C2=NCCCN2)cc1. The molecule has 2 N–H and O–H groups in total. The smallest absolute Gasteiger partial charge is 0.128 e.